The first-order valence-corrected chi connectivity index (χ1v) is 11.0. The zero-order valence-corrected chi connectivity index (χ0v) is 17.0. The van der Waals surface area contributed by atoms with Gasteiger partial charge in [0.2, 0.25) is 0 Å². The number of hydrogen-bond acceptors (Lipinski definition) is 6. The van der Waals surface area contributed by atoms with Crippen molar-refractivity contribution in [2.45, 2.75) is 32.7 Å². The molecule has 0 radical (unpaired) electrons. The maximum Gasteiger partial charge on any atom is 0.325 e. The molecule has 1 N–H and O–H groups in total. The number of sulfone groups is 1. The van der Waals surface area contributed by atoms with Crippen LogP contribution in [0.4, 0.5) is 0 Å². The molecule has 1 aliphatic heterocycles. The van der Waals surface area contributed by atoms with Crippen molar-refractivity contribution >= 4 is 27.6 Å². The average molecular weight is 410 g/mol. The highest BCUT2D eigenvalue weighted by molar-refractivity contribution is 7.91. The third kappa shape index (κ3) is 6.33. The molecule has 0 spiro atoms. The minimum Gasteiger partial charge on any atom is -0.454 e. The van der Waals surface area contributed by atoms with Gasteiger partial charge in [-0.2, -0.15) is 0 Å². The Morgan fingerprint density at radius 3 is 2.64 bits per heavy atom. The Balaban J connectivity index is 1.81. The van der Waals surface area contributed by atoms with E-state index in [1.807, 2.05) is 19.9 Å². The maximum absolute atomic E-state index is 12.4. The molecule has 1 atom stereocenters. The van der Waals surface area contributed by atoms with E-state index in [-0.39, 0.29) is 24.1 Å². The second kappa shape index (κ2) is 9.68. The van der Waals surface area contributed by atoms with Crippen molar-refractivity contribution in [2.24, 2.45) is 0 Å². The van der Waals surface area contributed by atoms with Gasteiger partial charge in [-0.25, -0.2) is 8.42 Å². The van der Waals surface area contributed by atoms with Gasteiger partial charge in [-0.15, -0.1) is 0 Å². The molecule has 1 aliphatic rings. The fourth-order valence-corrected chi connectivity index (χ4v) is 4.82. The van der Waals surface area contributed by atoms with Crippen LogP contribution in [0.1, 0.15) is 35.7 Å². The van der Waals surface area contributed by atoms with Crippen LogP contribution >= 0.6 is 0 Å². The van der Waals surface area contributed by atoms with Gasteiger partial charge in [-0.05, 0) is 31.9 Å². The van der Waals surface area contributed by atoms with Crippen LogP contribution in [0.25, 0.3) is 0 Å². The number of benzene rings is 1. The van der Waals surface area contributed by atoms with Crippen molar-refractivity contribution < 1.29 is 27.5 Å². The Kier molecular flexibility index (Phi) is 7.56. The molecular formula is C19H26N2O6S. The lowest BCUT2D eigenvalue weighted by Crippen LogP contribution is -2.44. The van der Waals surface area contributed by atoms with E-state index < -0.39 is 34.2 Å². The second-order valence-electron chi connectivity index (χ2n) is 6.86. The van der Waals surface area contributed by atoms with E-state index in [1.54, 1.807) is 18.2 Å². The van der Waals surface area contributed by atoms with Gasteiger partial charge in [0.15, 0.2) is 16.4 Å². The summed E-state index contributed by atoms with van der Waals surface area (Å²) in [6, 6.07) is 6.55. The van der Waals surface area contributed by atoms with Gasteiger partial charge in [-0.3, -0.25) is 14.4 Å². The highest BCUT2D eigenvalue weighted by Crippen LogP contribution is 2.18. The molecule has 1 aromatic rings. The summed E-state index contributed by atoms with van der Waals surface area (Å²) in [5, 5.41) is 2.45. The fourth-order valence-electron chi connectivity index (χ4n) is 3.09. The summed E-state index contributed by atoms with van der Waals surface area (Å²) < 4.78 is 28.3. The minimum atomic E-state index is -3.12. The molecule has 2 amide bonds. The number of nitrogens with zero attached hydrogens (tertiary/aromatic N) is 1. The molecule has 9 heteroatoms. The number of ether oxygens (including phenoxy) is 1. The summed E-state index contributed by atoms with van der Waals surface area (Å²) in [6.45, 7) is 3.31. The highest BCUT2D eigenvalue weighted by atomic mass is 32.2. The molecule has 1 aromatic carbocycles. The number of esters is 1. The van der Waals surface area contributed by atoms with E-state index >= 15 is 0 Å². The fraction of sp³-hybridized carbons (Fsp3) is 0.526. The Morgan fingerprint density at radius 1 is 1.29 bits per heavy atom. The number of carbonyl (C=O) groups excluding carboxylic acids is 3. The maximum atomic E-state index is 12.4. The lowest BCUT2D eigenvalue weighted by molar-refractivity contribution is -0.152. The molecular weight excluding hydrogens is 384 g/mol. The predicted molar refractivity (Wildman–Crippen MR) is 104 cm³/mol. The molecule has 1 heterocycles. The largest absolute Gasteiger partial charge is 0.454 e. The lowest BCUT2D eigenvalue weighted by atomic mass is 10.1. The normalized spacial score (nSPS) is 17.7. The molecule has 1 fully saturated rings. The smallest absolute Gasteiger partial charge is 0.325 e. The summed E-state index contributed by atoms with van der Waals surface area (Å²) in [5.74, 6) is -1.56. The average Bonchev–Trinajstić information content (AvgIpc) is 3.01. The first kappa shape index (κ1) is 21.9. The Labute approximate surface area is 165 Å². The topological polar surface area (TPSA) is 110 Å². The number of aryl methyl sites for hydroxylation is 1. The number of amides is 2. The Bertz CT molecular complexity index is 837. The van der Waals surface area contributed by atoms with Gasteiger partial charge in [-0.1, -0.05) is 24.6 Å². The zero-order chi connectivity index (χ0) is 20.7. The summed E-state index contributed by atoms with van der Waals surface area (Å²) in [5.41, 5.74) is 1.35. The van der Waals surface area contributed by atoms with Crippen LogP contribution in [-0.2, 0) is 24.2 Å². The SMILES string of the molecule is CCCN(C(=O)COC(=O)CNC(=O)c1cccc(C)c1)[C@H]1CCS(=O)(=O)C1. The molecule has 0 bridgehead atoms. The third-order valence-corrected chi connectivity index (χ3v) is 6.21. The number of rotatable bonds is 8. The van der Waals surface area contributed by atoms with Crippen molar-refractivity contribution in [3.63, 3.8) is 0 Å². The van der Waals surface area contributed by atoms with Gasteiger partial charge in [0.1, 0.15) is 6.54 Å². The number of hydrogen-bond donors (Lipinski definition) is 1. The zero-order valence-electron chi connectivity index (χ0n) is 16.1. The molecule has 2 rings (SSSR count). The molecule has 154 valence electrons. The van der Waals surface area contributed by atoms with Gasteiger partial charge >= 0.3 is 5.97 Å². The Morgan fingerprint density at radius 2 is 2.04 bits per heavy atom. The summed E-state index contributed by atoms with van der Waals surface area (Å²) in [6.07, 6.45) is 1.07. The van der Waals surface area contributed by atoms with E-state index in [0.717, 1.165) is 5.56 Å². The van der Waals surface area contributed by atoms with E-state index in [2.05, 4.69) is 5.32 Å². The van der Waals surface area contributed by atoms with Crippen molar-refractivity contribution in [3.8, 4) is 0 Å². The van der Waals surface area contributed by atoms with Crippen LogP contribution in [-0.4, -0.2) is 68.3 Å². The standard InChI is InChI=1S/C19H26N2O6S/c1-3-8-21(16-7-9-28(25,26)13-16)17(22)12-27-18(23)11-20-19(24)15-6-4-5-14(2)10-15/h4-6,10,16H,3,7-9,11-13H2,1-2H3,(H,20,24)/t16-/m0/s1. The summed E-state index contributed by atoms with van der Waals surface area (Å²) in [7, 11) is -3.12. The van der Waals surface area contributed by atoms with Crippen molar-refractivity contribution in [2.75, 3.05) is 31.2 Å². The first-order valence-electron chi connectivity index (χ1n) is 9.22. The van der Waals surface area contributed by atoms with E-state index in [1.165, 1.54) is 4.90 Å². The molecule has 0 aromatic heterocycles. The molecule has 28 heavy (non-hydrogen) atoms. The summed E-state index contributed by atoms with van der Waals surface area (Å²) in [4.78, 5) is 37.7. The number of nitrogens with one attached hydrogen (secondary N) is 1. The van der Waals surface area contributed by atoms with E-state index in [9.17, 15) is 22.8 Å². The quantitative estimate of drug-likeness (QED) is 0.632. The molecule has 1 saturated heterocycles. The van der Waals surface area contributed by atoms with Crippen LogP contribution in [0.3, 0.4) is 0 Å². The van der Waals surface area contributed by atoms with E-state index in [0.29, 0.717) is 24.9 Å². The van der Waals surface area contributed by atoms with Crippen LogP contribution in [0.2, 0.25) is 0 Å². The van der Waals surface area contributed by atoms with Gasteiger partial charge < -0.3 is 15.0 Å². The van der Waals surface area contributed by atoms with Gasteiger partial charge in [0, 0.05) is 18.2 Å². The van der Waals surface area contributed by atoms with Crippen LogP contribution in [0.5, 0.6) is 0 Å². The van der Waals surface area contributed by atoms with Crippen molar-refractivity contribution in [3.05, 3.63) is 35.4 Å². The molecule has 0 unspecified atom stereocenters. The monoisotopic (exact) mass is 410 g/mol. The van der Waals surface area contributed by atoms with E-state index in [4.69, 9.17) is 4.74 Å². The van der Waals surface area contributed by atoms with Crippen LogP contribution in [0, 0.1) is 6.92 Å². The third-order valence-electron chi connectivity index (χ3n) is 4.46. The first-order chi connectivity index (χ1) is 13.2. The van der Waals surface area contributed by atoms with Gasteiger partial charge in [0.05, 0.1) is 11.5 Å². The lowest BCUT2D eigenvalue weighted by Gasteiger charge is -2.27. The van der Waals surface area contributed by atoms with Crippen LogP contribution in [0.15, 0.2) is 24.3 Å². The highest BCUT2D eigenvalue weighted by Gasteiger charge is 2.34. The molecule has 0 saturated carbocycles. The second-order valence-corrected chi connectivity index (χ2v) is 9.09. The van der Waals surface area contributed by atoms with Crippen molar-refractivity contribution in [1.82, 2.24) is 10.2 Å². The van der Waals surface area contributed by atoms with Crippen molar-refractivity contribution in [1.29, 1.82) is 0 Å². The summed E-state index contributed by atoms with van der Waals surface area (Å²) >= 11 is 0. The number of carbonyl (C=O) groups is 3. The molecule has 0 aliphatic carbocycles. The van der Waals surface area contributed by atoms with Crippen LogP contribution < -0.4 is 5.32 Å². The van der Waals surface area contributed by atoms with Gasteiger partial charge in [0.25, 0.3) is 11.8 Å². The Hall–Kier alpha value is -2.42. The molecule has 8 nitrogen and oxygen atoms in total. The minimum absolute atomic E-state index is 0.0563. The predicted octanol–water partition coefficient (Wildman–Crippen LogP) is 0.694.